The van der Waals surface area contributed by atoms with Gasteiger partial charge in [0.1, 0.15) is 5.82 Å². The van der Waals surface area contributed by atoms with E-state index >= 15 is 0 Å². The highest BCUT2D eigenvalue weighted by molar-refractivity contribution is 8.13. The third kappa shape index (κ3) is 3.59. The summed E-state index contributed by atoms with van der Waals surface area (Å²) in [6.45, 7) is 1.56. The van der Waals surface area contributed by atoms with Crippen molar-refractivity contribution in [3.05, 3.63) is 59.4 Å². The highest BCUT2D eigenvalue weighted by atomic mass is 35.7. The average molecular weight is 328 g/mol. The van der Waals surface area contributed by atoms with Crippen LogP contribution in [0.15, 0.2) is 47.4 Å². The lowest BCUT2D eigenvalue weighted by atomic mass is 10.2. The van der Waals surface area contributed by atoms with Gasteiger partial charge < -0.3 is 5.32 Å². The van der Waals surface area contributed by atoms with Crippen LogP contribution in [-0.2, 0) is 9.05 Å². The third-order valence-corrected chi connectivity index (χ3v) is 4.19. The maximum Gasteiger partial charge on any atom is 0.262 e. The van der Waals surface area contributed by atoms with E-state index in [1.807, 2.05) is 0 Å². The van der Waals surface area contributed by atoms with Gasteiger partial charge in [0, 0.05) is 16.4 Å². The highest BCUT2D eigenvalue weighted by Gasteiger charge is 2.20. The lowest BCUT2D eigenvalue weighted by Crippen LogP contribution is -2.15. The smallest absolute Gasteiger partial charge is 0.262 e. The molecular formula is C14H11ClFNO3S. The Balaban J connectivity index is 2.35. The number of aryl methyl sites for hydroxylation is 1. The molecule has 0 spiro atoms. The summed E-state index contributed by atoms with van der Waals surface area (Å²) in [5, 5.41) is 2.51. The van der Waals surface area contributed by atoms with Gasteiger partial charge in [0.2, 0.25) is 0 Å². The summed E-state index contributed by atoms with van der Waals surface area (Å²) in [7, 11) is 1.27. The van der Waals surface area contributed by atoms with E-state index in [1.54, 1.807) is 6.92 Å². The quantitative estimate of drug-likeness (QED) is 0.880. The number of hydrogen-bond acceptors (Lipinski definition) is 3. The summed E-state index contributed by atoms with van der Waals surface area (Å²) in [5.74, 6) is -1.03. The van der Waals surface area contributed by atoms with E-state index in [0.717, 1.165) is 0 Å². The van der Waals surface area contributed by atoms with Crippen molar-refractivity contribution in [3.8, 4) is 0 Å². The summed E-state index contributed by atoms with van der Waals surface area (Å²) in [4.78, 5) is 11.9. The van der Waals surface area contributed by atoms with Crippen LogP contribution in [0.1, 0.15) is 15.9 Å². The normalized spacial score (nSPS) is 11.2. The molecule has 0 saturated carbocycles. The van der Waals surface area contributed by atoms with Crippen LogP contribution in [0.3, 0.4) is 0 Å². The molecule has 0 atom stereocenters. The molecule has 2 aromatic carbocycles. The Morgan fingerprint density at radius 3 is 2.48 bits per heavy atom. The number of anilines is 1. The minimum Gasteiger partial charge on any atom is -0.322 e. The molecule has 0 saturated heterocycles. The van der Waals surface area contributed by atoms with Crippen LogP contribution in [0, 0.1) is 12.7 Å². The van der Waals surface area contributed by atoms with Crippen molar-refractivity contribution in [2.24, 2.45) is 0 Å². The minimum atomic E-state index is -4.03. The molecule has 1 amide bonds. The van der Waals surface area contributed by atoms with E-state index in [2.05, 4.69) is 5.32 Å². The second-order valence-electron chi connectivity index (χ2n) is 4.35. The number of rotatable bonds is 3. The summed E-state index contributed by atoms with van der Waals surface area (Å²) in [5.41, 5.74) is 0.654. The van der Waals surface area contributed by atoms with Crippen molar-refractivity contribution in [2.75, 3.05) is 5.32 Å². The topological polar surface area (TPSA) is 63.2 Å². The van der Waals surface area contributed by atoms with Crippen LogP contribution < -0.4 is 5.32 Å². The van der Waals surface area contributed by atoms with E-state index in [-0.39, 0.29) is 10.5 Å². The lowest BCUT2D eigenvalue weighted by molar-refractivity contribution is 0.102. The van der Waals surface area contributed by atoms with Gasteiger partial charge in [0.15, 0.2) is 0 Å². The SMILES string of the molecule is Cc1cc(NC(=O)c2ccccc2S(=O)(=O)Cl)ccc1F. The molecule has 0 aliphatic heterocycles. The van der Waals surface area contributed by atoms with Gasteiger partial charge in [-0.2, -0.15) is 0 Å². The van der Waals surface area contributed by atoms with Crippen LogP contribution in [-0.4, -0.2) is 14.3 Å². The van der Waals surface area contributed by atoms with Crippen LogP contribution in [0.25, 0.3) is 0 Å². The van der Waals surface area contributed by atoms with Crippen molar-refractivity contribution in [1.29, 1.82) is 0 Å². The first-order chi connectivity index (χ1) is 9.79. The molecule has 0 aromatic heterocycles. The van der Waals surface area contributed by atoms with E-state index in [4.69, 9.17) is 10.7 Å². The second-order valence-corrected chi connectivity index (χ2v) is 6.89. The number of hydrogen-bond donors (Lipinski definition) is 1. The summed E-state index contributed by atoms with van der Waals surface area (Å²) in [6, 6.07) is 9.64. The number of halogens is 2. The molecule has 4 nitrogen and oxygen atoms in total. The minimum absolute atomic E-state index is 0.0746. The van der Waals surface area contributed by atoms with E-state index in [1.165, 1.54) is 42.5 Å². The van der Waals surface area contributed by atoms with Crippen LogP contribution in [0.2, 0.25) is 0 Å². The zero-order valence-electron chi connectivity index (χ0n) is 10.9. The molecule has 2 aromatic rings. The van der Waals surface area contributed by atoms with Crippen LogP contribution in [0.4, 0.5) is 10.1 Å². The molecule has 0 aliphatic rings. The van der Waals surface area contributed by atoms with E-state index in [0.29, 0.717) is 11.3 Å². The molecule has 21 heavy (non-hydrogen) atoms. The molecule has 1 N–H and O–H groups in total. The first-order valence-electron chi connectivity index (χ1n) is 5.90. The summed E-state index contributed by atoms with van der Waals surface area (Å²) >= 11 is 0. The number of nitrogens with one attached hydrogen (secondary N) is 1. The Bertz CT molecular complexity index is 806. The zero-order chi connectivity index (χ0) is 15.6. The second kappa shape index (κ2) is 5.83. The van der Waals surface area contributed by atoms with Crippen LogP contribution in [0.5, 0.6) is 0 Å². The molecule has 0 fully saturated rings. The molecule has 7 heteroatoms. The number of amides is 1. The van der Waals surface area contributed by atoms with Crippen molar-refractivity contribution >= 4 is 31.3 Å². The van der Waals surface area contributed by atoms with Gasteiger partial charge in [-0.25, -0.2) is 12.8 Å². The molecule has 2 rings (SSSR count). The monoisotopic (exact) mass is 327 g/mol. The maximum atomic E-state index is 13.2. The Morgan fingerprint density at radius 1 is 1.19 bits per heavy atom. The van der Waals surface area contributed by atoms with Gasteiger partial charge in [0.05, 0.1) is 10.5 Å². The standard InChI is InChI=1S/C14H11ClFNO3S/c1-9-8-10(6-7-12(9)16)17-14(18)11-4-2-3-5-13(11)21(15,19)20/h2-8H,1H3,(H,17,18). The van der Waals surface area contributed by atoms with Gasteiger partial charge in [0.25, 0.3) is 15.0 Å². The Hall–Kier alpha value is -1.92. The molecule has 0 radical (unpaired) electrons. The van der Waals surface area contributed by atoms with E-state index in [9.17, 15) is 17.6 Å². The van der Waals surface area contributed by atoms with Crippen molar-refractivity contribution in [1.82, 2.24) is 0 Å². The first kappa shape index (κ1) is 15.5. The molecular weight excluding hydrogens is 317 g/mol. The van der Waals surface area contributed by atoms with Gasteiger partial charge in [-0.1, -0.05) is 12.1 Å². The van der Waals surface area contributed by atoms with E-state index < -0.39 is 20.8 Å². The molecule has 0 aliphatic carbocycles. The van der Waals surface area contributed by atoms with Gasteiger partial charge in [-0.15, -0.1) is 0 Å². The molecule has 0 bridgehead atoms. The largest absolute Gasteiger partial charge is 0.322 e. The summed E-state index contributed by atoms with van der Waals surface area (Å²) in [6.07, 6.45) is 0. The highest BCUT2D eigenvalue weighted by Crippen LogP contribution is 2.21. The first-order valence-corrected chi connectivity index (χ1v) is 8.21. The third-order valence-electron chi connectivity index (χ3n) is 2.81. The Morgan fingerprint density at radius 2 is 1.86 bits per heavy atom. The maximum absolute atomic E-state index is 13.2. The Labute approximate surface area is 126 Å². The number of carbonyl (C=O) groups is 1. The van der Waals surface area contributed by atoms with Crippen molar-refractivity contribution in [3.63, 3.8) is 0 Å². The number of carbonyl (C=O) groups excluding carboxylic acids is 1. The zero-order valence-corrected chi connectivity index (χ0v) is 12.5. The van der Waals surface area contributed by atoms with Gasteiger partial charge in [-0.05, 0) is 42.8 Å². The fourth-order valence-corrected chi connectivity index (χ4v) is 2.86. The number of benzene rings is 2. The lowest BCUT2D eigenvalue weighted by Gasteiger charge is -2.09. The van der Waals surface area contributed by atoms with Crippen molar-refractivity contribution in [2.45, 2.75) is 11.8 Å². The van der Waals surface area contributed by atoms with Crippen molar-refractivity contribution < 1.29 is 17.6 Å². The van der Waals surface area contributed by atoms with Gasteiger partial charge in [-0.3, -0.25) is 4.79 Å². The van der Waals surface area contributed by atoms with Gasteiger partial charge >= 0.3 is 0 Å². The molecule has 0 unspecified atom stereocenters. The fourth-order valence-electron chi connectivity index (χ4n) is 1.79. The average Bonchev–Trinajstić information content (AvgIpc) is 2.42. The fraction of sp³-hybridized carbons (Fsp3) is 0.0714. The predicted octanol–water partition coefficient (Wildman–Crippen LogP) is 3.31. The van der Waals surface area contributed by atoms with Crippen LogP contribution >= 0.6 is 10.7 Å². The Kier molecular flexibility index (Phi) is 4.29. The molecule has 110 valence electrons. The predicted molar refractivity (Wildman–Crippen MR) is 78.6 cm³/mol. The summed E-state index contributed by atoms with van der Waals surface area (Å²) < 4.78 is 36.1. The molecule has 0 heterocycles.